The molecule has 0 aromatic carbocycles. The first-order valence-corrected chi connectivity index (χ1v) is 6.44. The molecule has 2 unspecified atom stereocenters. The third-order valence-corrected chi connectivity index (χ3v) is 3.69. The van der Waals surface area contributed by atoms with Crippen molar-refractivity contribution >= 4 is 18.0 Å². The number of carbonyl (C=O) groups excluding carboxylic acids is 2. The minimum Gasteiger partial charge on any atom is -0.480 e. The monoisotopic (exact) mass is 270 g/mol. The molecule has 2 amide bonds. The van der Waals surface area contributed by atoms with E-state index in [0.29, 0.717) is 6.54 Å². The largest absolute Gasteiger partial charge is 0.480 e. The standard InChI is InChI=1S/C12H18N2O5/c1-8-3-2-4-13(10(8)11(16)17)7-9(15)14-5-6-19-12(14)18/h8,10H,2-7H2,1H3,(H,16,17). The molecular formula is C12H18N2O5. The highest BCUT2D eigenvalue weighted by atomic mass is 16.6. The zero-order valence-corrected chi connectivity index (χ0v) is 10.9. The van der Waals surface area contributed by atoms with Crippen LogP contribution in [0.1, 0.15) is 19.8 Å². The molecule has 2 fully saturated rings. The van der Waals surface area contributed by atoms with Gasteiger partial charge in [-0.1, -0.05) is 6.92 Å². The number of imide groups is 1. The van der Waals surface area contributed by atoms with Gasteiger partial charge in [0.1, 0.15) is 12.6 Å². The van der Waals surface area contributed by atoms with E-state index < -0.39 is 18.1 Å². The van der Waals surface area contributed by atoms with Gasteiger partial charge in [0.15, 0.2) is 0 Å². The Balaban J connectivity index is 2.01. The topological polar surface area (TPSA) is 87.2 Å². The van der Waals surface area contributed by atoms with Gasteiger partial charge in [0.2, 0.25) is 5.91 Å². The number of rotatable bonds is 3. The van der Waals surface area contributed by atoms with Crippen LogP contribution in [0.4, 0.5) is 4.79 Å². The molecule has 1 N–H and O–H groups in total. The van der Waals surface area contributed by atoms with Crippen molar-refractivity contribution in [2.75, 3.05) is 26.2 Å². The maximum atomic E-state index is 12.0. The van der Waals surface area contributed by atoms with Crippen molar-refractivity contribution < 1.29 is 24.2 Å². The number of carboxylic acid groups (broad SMARTS) is 1. The molecule has 2 rings (SSSR count). The fraction of sp³-hybridized carbons (Fsp3) is 0.750. The lowest BCUT2D eigenvalue weighted by molar-refractivity contribution is -0.148. The van der Waals surface area contributed by atoms with Crippen molar-refractivity contribution in [3.8, 4) is 0 Å². The van der Waals surface area contributed by atoms with Gasteiger partial charge in [-0.25, -0.2) is 9.69 Å². The first kappa shape index (κ1) is 13.8. The van der Waals surface area contributed by atoms with E-state index in [1.807, 2.05) is 6.92 Å². The Morgan fingerprint density at radius 2 is 2.16 bits per heavy atom. The number of cyclic esters (lactones) is 1. The van der Waals surface area contributed by atoms with E-state index in [1.54, 1.807) is 4.90 Å². The van der Waals surface area contributed by atoms with Crippen LogP contribution in [0.3, 0.4) is 0 Å². The van der Waals surface area contributed by atoms with Gasteiger partial charge in [-0.3, -0.25) is 14.5 Å². The van der Waals surface area contributed by atoms with Crippen molar-refractivity contribution in [3.05, 3.63) is 0 Å². The molecule has 7 nitrogen and oxygen atoms in total. The van der Waals surface area contributed by atoms with Gasteiger partial charge in [0, 0.05) is 0 Å². The molecule has 2 saturated heterocycles. The lowest BCUT2D eigenvalue weighted by atomic mass is 9.91. The smallest absolute Gasteiger partial charge is 0.416 e. The molecule has 7 heteroatoms. The lowest BCUT2D eigenvalue weighted by Crippen LogP contribution is -2.53. The molecule has 0 saturated carbocycles. The molecule has 2 atom stereocenters. The van der Waals surface area contributed by atoms with E-state index in [0.717, 1.165) is 17.7 Å². The number of amides is 2. The summed E-state index contributed by atoms with van der Waals surface area (Å²) in [6.07, 6.45) is 1.07. The maximum Gasteiger partial charge on any atom is 0.416 e. The second-order valence-electron chi connectivity index (χ2n) is 5.03. The second-order valence-corrected chi connectivity index (χ2v) is 5.03. The van der Waals surface area contributed by atoms with Crippen LogP contribution >= 0.6 is 0 Å². The van der Waals surface area contributed by atoms with E-state index in [9.17, 15) is 19.5 Å². The number of aliphatic carboxylic acids is 1. The molecule has 0 bridgehead atoms. The van der Waals surface area contributed by atoms with Crippen molar-refractivity contribution in [3.63, 3.8) is 0 Å². The van der Waals surface area contributed by atoms with E-state index in [4.69, 9.17) is 4.74 Å². The Hall–Kier alpha value is -1.63. The molecule has 2 aliphatic heterocycles. The Morgan fingerprint density at radius 1 is 1.42 bits per heavy atom. The average molecular weight is 270 g/mol. The number of hydrogen-bond acceptors (Lipinski definition) is 5. The number of likely N-dealkylation sites (tertiary alicyclic amines) is 1. The second kappa shape index (κ2) is 5.56. The Morgan fingerprint density at radius 3 is 2.74 bits per heavy atom. The summed E-state index contributed by atoms with van der Waals surface area (Å²) in [6.45, 7) is 2.86. The highest BCUT2D eigenvalue weighted by Gasteiger charge is 2.37. The fourth-order valence-corrected chi connectivity index (χ4v) is 2.73. The average Bonchev–Trinajstić information content (AvgIpc) is 2.75. The van der Waals surface area contributed by atoms with Crippen LogP contribution in [0.2, 0.25) is 0 Å². The summed E-state index contributed by atoms with van der Waals surface area (Å²) in [6, 6.07) is -0.656. The Kier molecular flexibility index (Phi) is 4.04. The lowest BCUT2D eigenvalue weighted by Gasteiger charge is -2.37. The molecule has 2 aliphatic rings. The summed E-state index contributed by atoms with van der Waals surface area (Å²) in [5.74, 6) is -1.29. The number of carboxylic acids is 1. The number of carbonyl (C=O) groups is 3. The Bertz CT molecular complexity index is 398. The van der Waals surface area contributed by atoms with Crippen molar-refractivity contribution in [2.45, 2.75) is 25.8 Å². The van der Waals surface area contributed by atoms with Gasteiger partial charge in [-0.2, -0.15) is 0 Å². The van der Waals surface area contributed by atoms with Gasteiger partial charge in [-0.15, -0.1) is 0 Å². The Labute approximate surface area is 111 Å². The van der Waals surface area contributed by atoms with Gasteiger partial charge in [0.05, 0.1) is 13.1 Å². The van der Waals surface area contributed by atoms with Crippen LogP contribution in [0.15, 0.2) is 0 Å². The van der Waals surface area contributed by atoms with E-state index in [1.165, 1.54) is 0 Å². The number of piperidine rings is 1. The molecule has 106 valence electrons. The molecule has 0 aliphatic carbocycles. The predicted octanol–water partition coefficient (Wildman–Crippen LogP) is 0.150. The first-order chi connectivity index (χ1) is 9.00. The summed E-state index contributed by atoms with van der Waals surface area (Å²) in [5, 5.41) is 9.25. The molecule has 2 heterocycles. The summed E-state index contributed by atoms with van der Waals surface area (Å²) in [5.41, 5.74) is 0. The third kappa shape index (κ3) is 2.86. The van der Waals surface area contributed by atoms with E-state index in [2.05, 4.69) is 0 Å². The minimum atomic E-state index is -0.913. The highest BCUT2D eigenvalue weighted by molar-refractivity contribution is 5.94. The van der Waals surface area contributed by atoms with Crippen molar-refractivity contribution in [2.24, 2.45) is 5.92 Å². The first-order valence-electron chi connectivity index (χ1n) is 6.44. The van der Waals surface area contributed by atoms with Crippen molar-refractivity contribution in [1.82, 2.24) is 9.80 Å². The molecule has 19 heavy (non-hydrogen) atoms. The summed E-state index contributed by atoms with van der Waals surface area (Å²) >= 11 is 0. The molecule has 0 aromatic rings. The van der Waals surface area contributed by atoms with Crippen LogP contribution in [0.5, 0.6) is 0 Å². The zero-order valence-electron chi connectivity index (χ0n) is 10.9. The SMILES string of the molecule is CC1CCCN(CC(=O)N2CCOC2=O)C1C(=O)O. The number of nitrogens with zero attached hydrogens (tertiary/aromatic N) is 2. The number of hydrogen-bond donors (Lipinski definition) is 1. The van der Waals surface area contributed by atoms with Gasteiger partial charge in [-0.05, 0) is 25.3 Å². The highest BCUT2D eigenvalue weighted by Crippen LogP contribution is 2.23. The summed E-state index contributed by atoms with van der Waals surface area (Å²) in [7, 11) is 0. The summed E-state index contributed by atoms with van der Waals surface area (Å²) < 4.78 is 4.70. The summed E-state index contributed by atoms with van der Waals surface area (Å²) in [4.78, 5) is 37.2. The molecule has 0 aromatic heterocycles. The van der Waals surface area contributed by atoms with E-state index >= 15 is 0 Å². The van der Waals surface area contributed by atoms with E-state index in [-0.39, 0.29) is 31.5 Å². The third-order valence-electron chi connectivity index (χ3n) is 3.69. The molecule has 0 radical (unpaired) electrons. The van der Waals surface area contributed by atoms with Crippen LogP contribution in [-0.4, -0.2) is 65.2 Å². The maximum absolute atomic E-state index is 12.0. The number of ether oxygens (including phenoxy) is 1. The van der Waals surface area contributed by atoms with Crippen molar-refractivity contribution in [1.29, 1.82) is 0 Å². The van der Waals surface area contributed by atoms with Crippen LogP contribution < -0.4 is 0 Å². The van der Waals surface area contributed by atoms with Gasteiger partial charge in [0.25, 0.3) is 0 Å². The normalized spacial score (nSPS) is 28.3. The van der Waals surface area contributed by atoms with Gasteiger partial charge >= 0.3 is 12.1 Å². The van der Waals surface area contributed by atoms with Crippen LogP contribution in [0.25, 0.3) is 0 Å². The van der Waals surface area contributed by atoms with Crippen LogP contribution in [-0.2, 0) is 14.3 Å². The molecule has 0 spiro atoms. The minimum absolute atomic E-state index is 0.00424. The fourth-order valence-electron chi connectivity index (χ4n) is 2.73. The van der Waals surface area contributed by atoms with Gasteiger partial charge < -0.3 is 9.84 Å². The quantitative estimate of drug-likeness (QED) is 0.785. The zero-order chi connectivity index (χ0) is 14.0. The van der Waals surface area contributed by atoms with Crippen LogP contribution in [0, 0.1) is 5.92 Å². The molecular weight excluding hydrogens is 252 g/mol. The predicted molar refractivity (Wildman–Crippen MR) is 64.5 cm³/mol.